The third-order valence-electron chi connectivity index (χ3n) is 4.12. The van der Waals surface area contributed by atoms with Gasteiger partial charge in [0.15, 0.2) is 5.78 Å². The molecule has 0 atom stereocenters. The van der Waals surface area contributed by atoms with Crippen LogP contribution in [-0.2, 0) is 4.84 Å². The van der Waals surface area contributed by atoms with Gasteiger partial charge in [-0.3, -0.25) is 15.1 Å². The molecule has 0 amide bonds. The second-order valence-corrected chi connectivity index (χ2v) is 7.47. The number of halogens is 1. The van der Waals surface area contributed by atoms with Gasteiger partial charge in [0.25, 0.3) is 0 Å². The Hall–Kier alpha value is -1.89. The molecule has 146 valence electrons. The SMILES string of the molecule is C=C(NOC)C1=C(C)N(CCCC)C(=CC(=O)c2cc(Cl)ccc2OC)S1. The molecule has 0 aromatic heterocycles. The smallest absolute Gasteiger partial charge is 0.192 e. The molecule has 0 aliphatic carbocycles. The Morgan fingerprint density at radius 2 is 2.15 bits per heavy atom. The van der Waals surface area contributed by atoms with Crippen LogP contribution in [0.2, 0.25) is 5.02 Å². The van der Waals surface area contributed by atoms with Gasteiger partial charge in [-0.1, -0.05) is 43.3 Å². The molecule has 0 bridgehead atoms. The van der Waals surface area contributed by atoms with E-state index in [0.717, 1.165) is 35.0 Å². The van der Waals surface area contributed by atoms with Crippen LogP contribution >= 0.6 is 23.4 Å². The summed E-state index contributed by atoms with van der Waals surface area (Å²) in [6, 6.07) is 5.03. The van der Waals surface area contributed by atoms with Gasteiger partial charge in [0, 0.05) is 23.3 Å². The minimum atomic E-state index is -0.155. The molecule has 1 aromatic carbocycles. The number of benzene rings is 1. The number of thioether (sulfide) groups is 1. The number of unbranched alkanes of at least 4 members (excludes halogenated alkanes) is 1. The lowest BCUT2D eigenvalue weighted by molar-refractivity contribution is 0.104. The Labute approximate surface area is 170 Å². The summed E-state index contributed by atoms with van der Waals surface area (Å²) in [7, 11) is 3.08. The standard InChI is InChI=1S/C20H25ClN2O3S/c1-6-7-10-23-14(3)20(13(2)22-26-5)27-19(23)12-17(24)16-11-15(21)8-9-18(16)25-4/h8-9,11-12,22H,2,6-7,10H2,1,3-5H3. The van der Waals surface area contributed by atoms with Crippen molar-refractivity contribution >= 4 is 29.1 Å². The molecule has 5 nitrogen and oxygen atoms in total. The Balaban J connectivity index is 2.36. The minimum Gasteiger partial charge on any atom is -0.496 e. The van der Waals surface area contributed by atoms with Gasteiger partial charge in [0.1, 0.15) is 5.75 Å². The van der Waals surface area contributed by atoms with Crippen LogP contribution in [0.3, 0.4) is 0 Å². The van der Waals surface area contributed by atoms with Crippen LogP contribution < -0.4 is 10.2 Å². The van der Waals surface area contributed by atoms with Crippen LogP contribution in [0.1, 0.15) is 37.0 Å². The Kier molecular flexibility index (Phi) is 7.83. The molecule has 1 aliphatic rings. The number of allylic oxidation sites excluding steroid dienone is 2. The Bertz CT molecular complexity index is 789. The third kappa shape index (κ3) is 5.09. The van der Waals surface area contributed by atoms with Gasteiger partial charge in [-0.15, -0.1) is 0 Å². The van der Waals surface area contributed by atoms with Crippen molar-refractivity contribution in [3.63, 3.8) is 0 Å². The number of rotatable bonds is 9. The van der Waals surface area contributed by atoms with Crippen molar-refractivity contribution < 1.29 is 14.4 Å². The van der Waals surface area contributed by atoms with E-state index in [1.807, 2.05) is 6.92 Å². The first-order chi connectivity index (χ1) is 12.9. The van der Waals surface area contributed by atoms with E-state index in [0.29, 0.717) is 22.0 Å². The van der Waals surface area contributed by atoms with Crippen molar-refractivity contribution in [3.8, 4) is 5.75 Å². The van der Waals surface area contributed by atoms with Crippen molar-refractivity contribution in [1.29, 1.82) is 0 Å². The number of ketones is 1. The molecular weight excluding hydrogens is 384 g/mol. The zero-order chi connectivity index (χ0) is 20.0. The fourth-order valence-electron chi connectivity index (χ4n) is 2.74. The fourth-order valence-corrected chi connectivity index (χ4v) is 4.04. The predicted octanol–water partition coefficient (Wildman–Crippen LogP) is 5.12. The number of hydrogen-bond acceptors (Lipinski definition) is 6. The van der Waals surface area contributed by atoms with Gasteiger partial charge >= 0.3 is 0 Å². The molecule has 0 spiro atoms. The quantitative estimate of drug-likeness (QED) is 0.348. The number of hydrogen-bond donors (Lipinski definition) is 1. The highest BCUT2D eigenvalue weighted by atomic mass is 35.5. The summed E-state index contributed by atoms with van der Waals surface area (Å²) in [6.07, 6.45) is 3.71. The summed E-state index contributed by atoms with van der Waals surface area (Å²) in [5.74, 6) is 0.345. The summed E-state index contributed by atoms with van der Waals surface area (Å²) >= 11 is 7.56. The van der Waals surface area contributed by atoms with Crippen LogP contribution in [-0.4, -0.2) is 31.4 Å². The van der Waals surface area contributed by atoms with Crippen molar-refractivity contribution in [2.45, 2.75) is 26.7 Å². The molecule has 2 rings (SSSR count). The van der Waals surface area contributed by atoms with Gasteiger partial charge < -0.3 is 9.64 Å². The van der Waals surface area contributed by atoms with Crippen LogP contribution in [0, 0.1) is 0 Å². The topological polar surface area (TPSA) is 50.8 Å². The van der Waals surface area contributed by atoms with E-state index >= 15 is 0 Å². The summed E-state index contributed by atoms with van der Waals surface area (Å²) in [5, 5.41) is 1.34. The second-order valence-electron chi connectivity index (χ2n) is 6.00. The Morgan fingerprint density at radius 3 is 2.78 bits per heavy atom. The summed E-state index contributed by atoms with van der Waals surface area (Å²) in [6.45, 7) is 8.99. The van der Waals surface area contributed by atoms with Gasteiger partial charge in [0.2, 0.25) is 0 Å². The second kappa shape index (κ2) is 9.88. The number of nitrogens with zero attached hydrogens (tertiary/aromatic N) is 1. The van der Waals surface area contributed by atoms with Crippen molar-refractivity contribution in [1.82, 2.24) is 10.4 Å². The highest BCUT2D eigenvalue weighted by Crippen LogP contribution is 2.44. The number of nitrogens with one attached hydrogen (secondary N) is 1. The molecule has 0 saturated heterocycles. The monoisotopic (exact) mass is 408 g/mol. The molecular formula is C20H25ClN2O3S. The molecule has 7 heteroatoms. The average Bonchev–Trinajstić information content (AvgIpc) is 2.95. The molecule has 0 saturated carbocycles. The highest BCUT2D eigenvalue weighted by molar-refractivity contribution is 8.07. The first-order valence-corrected chi connectivity index (χ1v) is 9.86. The zero-order valence-electron chi connectivity index (χ0n) is 16.1. The molecule has 1 aliphatic heterocycles. The van der Waals surface area contributed by atoms with Crippen molar-refractivity contribution in [3.05, 3.63) is 62.8 Å². The maximum Gasteiger partial charge on any atom is 0.192 e. The predicted molar refractivity (Wildman–Crippen MR) is 112 cm³/mol. The normalized spacial score (nSPS) is 15.4. The first kappa shape index (κ1) is 21.4. The molecule has 0 fully saturated rings. The first-order valence-electron chi connectivity index (χ1n) is 8.67. The summed E-state index contributed by atoms with van der Waals surface area (Å²) in [4.78, 5) is 21.0. The third-order valence-corrected chi connectivity index (χ3v) is 5.65. The van der Waals surface area contributed by atoms with Gasteiger partial charge in [-0.25, -0.2) is 0 Å². The summed E-state index contributed by atoms with van der Waals surface area (Å²) in [5.41, 5.74) is 4.92. The maximum atomic E-state index is 12.9. The lowest BCUT2D eigenvalue weighted by Gasteiger charge is -2.21. The van der Waals surface area contributed by atoms with Crippen LogP contribution in [0.25, 0.3) is 0 Å². The fraction of sp³-hybridized carbons (Fsp3) is 0.350. The molecule has 0 radical (unpaired) electrons. The van der Waals surface area contributed by atoms with E-state index in [4.69, 9.17) is 21.2 Å². The van der Waals surface area contributed by atoms with E-state index in [-0.39, 0.29) is 5.78 Å². The van der Waals surface area contributed by atoms with E-state index < -0.39 is 0 Å². The Morgan fingerprint density at radius 1 is 1.41 bits per heavy atom. The van der Waals surface area contributed by atoms with Crippen LogP contribution in [0.15, 0.2) is 52.2 Å². The van der Waals surface area contributed by atoms with E-state index in [1.165, 1.54) is 18.9 Å². The minimum absolute atomic E-state index is 0.155. The van der Waals surface area contributed by atoms with Crippen molar-refractivity contribution in [2.75, 3.05) is 20.8 Å². The molecule has 1 heterocycles. The average molecular weight is 409 g/mol. The number of carbonyl (C=O) groups is 1. The van der Waals surface area contributed by atoms with Gasteiger partial charge in [-0.2, -0.15) is 0 Å². The molecule has 1 N–H and O–H groups in total. The maximum absolute atomic E-state index is 12.9. The van der Waals surface area contributed by atoms with Crippen LogP contribution in [0.5, 0.6) is 5.75 Å². The number of methoxy groups -OCH3 is 1. The van der Waals surface area contributed by atoms with Gasteiger partial charge in [0.05, 0.1) is 35.4 Å². The summed E-state index contributed by atoms with van der Waals surface area (Å²) < 4.78 is 5.31. The molecule has 1 aromatic rings. The van der Waals surface area contributed by atoms with Crippen LogP contribution in [0.4, 0.5) is 0 Å². The van der Waals surface area contributed by atoms with Gasteiger partial charge in [-0.05, 0) is 31.5 Å². The highest BCUT2D eigenvalue weighted by Gasteiger charge is 2.27. The number of carbonyl (C=O) groups excluding carboxylic acids is 1. The van der Waals surface area contributed by atoms with E-state index in [1.54, 1.807) is 31.4 Å². The van der Waals surface area contributed by atoms with E-state index in [9.17, 15) is 4.79 Å². The lowest BCUT2D eigenvalue weighted by atomic mass is 10.1. The zero-order valence-corrected chi connectivity index (χ0v) is 17.7. The molecule has 27 heavy (non-hydrogen) atoms. The number of ether oxygens (including phenoxy) is 1. The molecule has 0 unspecified atom stereocenters. The van der Waals surface area contributed by atoms with E-state index in [2.05, 4.69) is 23.9 Å². The van der Waals surface area contributed by atoms with Crippen molar-refractivity contribution in [2.24, 2.45) is 0 Å². The lowest BCUT2D eigenvalue weighted by Crippen LogP contribution is -2.19. The largest absolute Gasteiger partial charge is 0.496 e. The number of hydroxylamine groups is 1.